The number of methoxy groups -OCH3 is 1. The Balaban J connectivity index is 1.47. The van der Waals surface area contributed by atoms with E-state index < -0.39 is 12.0 Å². The van der Waals surface area contributed by atoms with Gasteiger partial charge in [0.2, 0.25) is 0 Å². The monoisotopic (exact) mass is 707 g/mol. The average Bonchev–Trinajstić information content (AvgIpc) is 3.44. The molecule has 0 bridgehead atoms. The van der Waals surface area contributed by atoms with Crippen LogP contribution in [-0.2, 0) is 16.1 Å². The number of fused-ring (bicyclic) bond motifs is 1. The van der Waals surface area contributed by atoms with E-state index >= 15 is 0 Å². The molecule has 246 valence electrons. The van der Waals surface area contributed by atoms with Gasteiger partial charge in [0.1, 0.15) is 6.61 Å². The molecule has 0 saturated heterocycles. The molecular weight excluding hydrogens is 678 g/mol. The fraction of sp³-hybridized carbons (Fsp3) is 0.158. The number of hydrogen-bond acceptors (Lipinski definition) is 9. The molecule has 6 rings (SSSR count). The Labute approximate surface area is 296 Å². The Bertz CT molecular complexity index is 2270. The van der Waals surface area contributed by atoms with Crippen LogP contribution in [0.2, 0.25) is 5.02 Å². The summed E-state index contributed by atoms with van der Waals surface area (Å²) in [5.41, 5.74) is 3.96. The number of thioether (sulfide) groups is 1. The maximum atomic E-state index is 14.3. The van der Waals surface area contributed by atoms with Crippen molar-refractivity contribution in [3.05, 3.63) is 149 Å². The van der Waals surface area contributed by atoms with Crippen molar-refractivity contribution in [2.75, 3.05) is 20.0 Å². The highest BCUT2D eigenvalue weighted by Gasteiger charge is 2.35. The third kappa shape index (κ3) is 7.06. The number of carbonyl (C=O) groups is 1. The highest BCUT2D eigenvalue weighted by atomic mass is 35.5. The molecule has 0 N–H and O–H groups in total. The zero-order chi connectivity index (χ0) is 34.5. The van der Waals surface area contributed by atoms with Gasteiger partial charge < -0.3 is 14.2 Å². The first-order chi connectivity index (χ1) is 23.8. The smallest absolute Gasteiger partial charge is 0.338 e. The summed E-state index contributed by atoms with van der Waals surface area (Å²) in [6.45, 7) is 2.13. The van der Waals surface area contributed by atoms with Crippen LogP contribution in [-0.4, -0.2) is 30.5 Å². The summed E-state index contributed by atoms with van der Waals surface area (Å²) in [7, 11) is 1.52. The predicted octanol–water partition coefficient (Wildman–Crippen LogP) is 6.77. The van der Waals surface area contributed by atoms with Crippen molar-refractivity contribution in [2.45, 2.75) is 24.5 Å². The van der Waals surface area contributed by atoms with Gasteiger partial charge in [-0.25, -0.2) is 9.79 Å². The number of ether oxygens (including phenoxy) is 3. The van der Waals surface area contributed by atoms with Gasteiger partial charge in [0.25, 0.3) is 5.56 Å². The van der Waals surface area contributed by atoms with Crippen molar-refractivity contribution in [3.8, 4) is 17.6 Å². The minimum absolute atomic E-state index is 0.169. The molecule has 0 fully saturated rings. The van der Waals surface area contributed by atoms with Crippen LogP contribution < -0.4 is 24.4 Å². The lowest BCUT2D eigenvalue weighted by Crippen LogP contribution is -2.40. The van der Waals surface area contributed by atoms with Gasteiger partial charge >= 0.3 is 5.97 Å². The topological polar surface area (TPSA) is 103 Å². The van der Waals surface area contributed by atoms with Crippen molar-refractivity contribution in [1.82, 2.24) is 4.57 Å². The van der Waals surface area contributed by atoms with Gasteiger partial charge in [-0.3, -0.25) is 9.36 Å². The molecule has 0 aliphatic carbocycles. The molecular formula is C38H30ClN3O5S2. The van der Waals surface area contributed by atoms with Crippen LogP contribution >= 0.6 is 34.7 Å². The number of hydrogen-bond donors (Lipinski definition) is 0. The summed E-state index contributed by atoms with van der Waals surface area (Å²) >= 11 is 9.53. The number of halogens is 1. The lowest BCUT2D eigenvalue weighted by atomic mass is 9.93. The second-order valence-electron chi connectivity index (χ2n) is 10.8. The van der Waals surface area contributed by atoms with Gasteiger partial charge in [0, 0.05) is 10.5 Å². The van der Waals surface area contributed by atoms with Gasteiger partial charge in [0.15, 0.2) is 16.3 Å². The van der Waals surface area contributed by atoms with E-state index in [4.69, 9.17) is 36.1 Å². The molecule has 1 aliphatic heterocycles. The summed E-state index contributed by atoms with van der Waals surface area (Å²) in [5.74, 6) is 0.210. The highest BCUT2D eigenvalue weighted by Crippen LogP contribution is 2.38. The largest absolute Gasteiger partial charge is 0.493 e. The zero-order valence-electron chi connectivity index (χ0n) is 26.8. The summed E-state index contributed by atoms with van der Waals surface area (Å²) in [6, 6.07) is 29.1. The van der Waals surface area contributed by atoms with Crippen molar-refractivity contribution in [1.29, 1.82) is 5.26 Å². The number of rotatable bonds is 10. The first-order valence-electron chi connectivity index (χ1n) is 15.3. The Morgan fingerprint density at radius 3 is 2.47 bits per heavy atom. The highest BCUT2D eigenvalue weighted by molar-refractivity contribution is 7.98. The van der Waals surface area contributed by atoms with E-state index in [1.165, 1.54) is 18.4 Å². The first kappa shape index (κ1) is 33.8. The summed E-state index contributed by atoms with van der Waals surface area (Å²) < 4.78 is 19.2. The standard InChI is InChI=1S/C38H30ClN3O5S2/c1-4-46-37(44)32-33(26-8-6-5-7-9-26)41-38-42(34(32)27-14-16-28(48-3)17-15-27)36(43)31(49-38)20-25-18-29(39)35(30(19-25)45-2)47-22-24-12-10-23(21-40)11-13-24/h5-20,34H,4,22H2,1-3H3/b31-20-/t34-/m1/s1. The third-order valence-corrected chi connectivity index (χ3v) is 9.83. The lowest BCUT2D eigenvalue weighted by Gasteiger charge is -2.26. The number of benzene rings is 4. The van der Waals surface area contributed by atoms with Crippen LogP contribution in [0, 0.1) is 11.3 Å². The maximum Gasteiger partial charge on any atom is 0.338 e. The molecule has 5 aromatic rings. The van der Waals surface area contributed by atoms with Crippen LogP contribution in [0.3, 0.4) is 0 Å². The fourth-order valence-electron chi connectivity index (χ4n) is 5.49. The maximum absolute atomic E-state index is 14.3. The number of nitriles is 1. The Hall–Kier alpha value is -5.08. The second-order valence-corrected chi connectivity index (χ2v) is 13.1. The van der Waals surface area contributed by atoms with E-state index in [0.29, 0.717) is 42.7 Å². The van der Waals surface area contributed by atoms with Crippen molar-refractivity contribution < 1.29 is 19.0 Å². The van der Waals surface area contributed by atoms with Crippen molar-refractivity contribution >= 4 is 52.4 Å². The minimum Gasteiger partial charge on any atom is -0.493 e. The molecule has 0 radical (unpaired) electrons. The number of thiazole rings is 1. The molecule has 4 aromatic carbocycles. The summed E-state index contributed by atoms with van der Waals surface area (Å²) in [4.78, 5) is 34.4. The third-order valence-electron chi connectivity index (χ3n) is 7.82. The lowest BCUT2D eigenvalue weighted by molar-refractivity contribution is -0.138. The van der Waals surface area contributed by atoms with E-state index in [9.17, 15) is 9.59 Å². The normalized spacial score (nSPS) is 14.1. The van der Waals surface area contributed by atoms with Crippen LogP contribution in [0.15, 0.2) is 111 Å². The van der Waals surface area contributed by atoms with Crippen molar-refractivity contribution in [3.63, 3.8) is 0 Å². The Kier molecular flexibility index (Phi) is 10.3. The van der Waals surface area contributed by atoms with Crippen molar-refractivity contribution in [2.24, 2.45) is 4.99 Å². The molecule has 8 nitrogen and oxygen atoms in total. The van der Waals surface area contributed by atoms with Crippen LogP contribution in [0.4, 0.5) is 0 Å². The van der Waals surface area contributed by atoms with E-state index in [-0.39, 0.29) is 24.3 Å². The van der Waals surface area contributed by atoms with Crippen LogP contribution in [0.5, 0.6) is 11.5 Å². The molecule has 1 aromatic heterocycles. The number of nitrogens with zero attached hydrogens (tertiary/aromatic N) is 3. The van der Waals surface area contributed by atoms with E-state index in [1.807, 2.05) is 73.0 Å². The molecule has 11 heteroatoms. The average molecular weight is 708 g/mol. The molecule has 0 saturated carbocycles. The van der Waals surface area contributed by atoms with E-state index in [0.717, 1.165) is 21.6 Å². The molecule has 0 unspecified atom stereocenters. The summed E-state index contributed by atoms with van der Waals surface area (Å²) in [6.07, 6.45) is 3.72. The quantitative estimate of drug-likeness (QED) is 0.117. The van der Waals surface area contributed by atoms with Crippen LogP contribution in [0.1, 0.15) is 40.8 Å². The van der Waals surface area contributed by atoms with E-state index in [1.54, 1.807) is 53.6 Å². The Morgan fingerprint density at radius 2 is 1.82 bits per heavy atom. The van der Waals surface area contributed by atoms with Gasteiger partial charge in [-0.05, 0) is 72.3 Å². The fourth-order valence-corrected chi connectivity index (χ4v) is 7.17. The number of aromatic nitrogens is 1. The summed E-state index contributed by atoms with van der Waals surface area (Å²) in [5, 5.41) is 9.37. The second kappa shape index (κ2) is 15.0. The van der Waals surface area contributed by atoms with Gasteiger partial charge in [-0.2, -0.15) is 5.26 Å². The molecule has 1 aliphatic rings. The SMILES string of the molecule is CCOC(=O)C1=C(c2ccccc2)N=c2s/c(=C\c3cc(Cl)c(OCc4ccc(C#N)cc4)c(OC)c3)c(=O)n2[C@@H]1c1ccc(SC)cc1. The molecule has 1 atom stereocenters. The molecule has 0 amide bonds. The van der Waals surface area contributed by atoms with E-state index in [2.05, 4.69) is 6.07 Å². The molecule has 0 spiro atoms. The van der Waals surface area contributed by atoms with Gasteiger partial charge in [-0.1, -0.05) is 77.5 Å². The molecule has 2 heterocycles. The van der Waals surface area contributed by atoms with Crippen LogP contribution in [0.25, 0.3) is 11.8 Å². The van der Waals surface area contributed by atoms with Gasteiger partial charge in [0.05, 0.1) is 52.2 Å². The predicted molar refractivity (Wildman–Crippen MR) is 193 cm³/mol. The Morgan fingerprint density at radius 1 is 1.08 bits per heavy atom. The zero-order valence-corrected chi connectivity index (χ0v) is 29.2. The minimum atomic E-state index is -0.778. The van der Waals surface area contributed by atoms with Gasteiger partial charge in [-0.15, -0.1) is 11.8 Å². The number of esters is 1. The first-order valence-corrected chi connectivity index (χ1v) is 17.7. The molecule has 49 heavy (non-hydrogen) atoms. The number of carbonyl (C=O) groups excluding carboxylic acids is 1.